The van der Waals surface area contributed by atoms with Gasteiger partial charge in [0.2, 0.25) is 0 Å². The van der Waals surface area contributed by atoms with Crippen molar-refractivity contribution >= 4 is 29.1 Å². The van der Waals surface area contributed by atoms with Gasteiger partial charge in [0.15, 0.2) is 5.78 Å². The fourth-order valence-electron chi connectivity index (χ4n) is 5.31. The first kappa shape index (κ1) is 22.4. The van der Waals surface area contributed by atoms with Crippen molar-refractivity contribution in [3.63, 3.8) is 0 Å². The smallest absolute Gasteiger partial charge is 0.251 e. The monoisotopic (exact) mass is 461 g/mol. The Morgan fingerprint density at radius 2 is 1.74 bits per heavy atom. The molecule has 2 aromatic rings. The van der Waals surface area contributed by atoms with Gasteiger partial charge >= 0.3 is 0 Å². The Morgan fingerprint density at radius 3 is 2.32 bits per heavy atom. The number of aromatic nitrogens is 1. The highest BCUT2D eigenvalue weighted by molar-refractivity contribution is 6.02. The SMILES string of the molecule is CC(=O)c1ccc(N2[C@@H]3CC[C@H]2C[C@@H](NC(=O)c2ccc(C(N)=O)c(NCC4CC4)c2)C3)nc1. The summed E-state index contributed by atoms with van der Waals surface area (Å²) in [6.07, 6.45) is 7.86. The van der Waals surface area contributed by atoms with E-state index in [1.54, 1.807) is 31.3 Å². The number of anilines is 2. The van der Waals surface area contributed by atoms with Crippen LogP contribution in [0.3, 0.4) is 0 Å². The molecule has 3 aliphatic rings. The number of hydrogen-bond acceptors (Lipinski definition) is 6. The molecule has 8 heteroatoms. The Morgan fingerprint density at radius 1 is 1.03 bits per heavy atom. The standard InChI is InChI=1S/C26H31N5O3/c1-15(32)18-5-9-24(29-14-18)31-20-6-7-21(31)12-19(11-20)30-26(34)17-4-8-22(25(27)33)23(10-17)28-13-16-2-3-16/h4-5,8-10,14,16,19-21,28H,2-3,6-7,11-13H2,1H3,(H2,27,33)(H,30,34)/t19-,20+,21-. The van der Waals surface area contributed by atoms with E-state index in [0.29, 0.717) is 40.4 Å². The third-order valence-corrected chi connectivity index (χ3v) is 7.31. The number of nitrogens with zero attached hydrogens (tertiary/aromatic N) is 2. The van der Waals surface area contributed by atoms with Gasteiger partial charge in [-0.3, -0.25) is 14.4 Å². The summed E-state index contributed by atoms with van der Waals surface area (Å²) in [6.45, 7) is 2.33. The predicted octanol–water partition coefficient (Wildman–Crippen LogP) is 3.13. The van der Waals surface area contributed by atoms with Crippen LogP contribution in [0.1, 0.15) is 76.5 Å². The van der Waals surface area contributed by atoms with Crippen LogP contribution < -0.4 is 21.3 Å². The Kier molecular flexibility index (Phi) is 5.98. The fraction of sp³-hybridized carbons (Fsp3) is 0.462. The van der Waals surface area contributed by atoms with Crippen molar-refractivity contribution in [3.8, 4) is 0 Å². The van der Waals surface area contributed by atoms with Gasteiger partial charge in [-0.1, -0.05) is 0 Å². The molecule has 1 aromatic carbocycles. The van der Waals surface area contributed by atoms with Crippen LogP contribution >= 0.6 is 0 Å². The molecule has 1 saturated carbocycles. The van der Waals surface area contributed by atoms with E-state index in [0.717, 1.165) is 38.0 Å². The number of primary amides is 1. The van der Waals surface area contributed by atoms with E-state index in [-0.39, 0.29) is 17.7 Å². The van der Waals surface area contributed by atoms with Crippen LogP contribution in [0.4, 0.5) is 11.5 Å². The molecule has 34 heavy (non-hydrogen) atoms. The lowest BCUT2D eigenvalue weighted by Gasteiger charge is -2.40. The van der Waals surface area contributed by atoms with E-state index in [1.165, 1.54) is 12.8 Å². The van der Waals surface area contributed by atoms with Gasteiger partial charge in [0.05, 0.1) is 5.56 Å². The molecule has 2 aliphatic heterocycles. The molecule has 178 valence electrons. The van der Waals surface area contributed by atoms with Crippen LogP contribution in [-0.2, 0) is 0 Å². The van der Waals surface area contributed by atoms with E-state index < -0.39 is 5.91 Å². The molecule has 8 nitrogen and oxygen atoms in total. The van der Waals surface area contributed by atoms with E-state index in [4.69, 9.17) is 5.73 Å². The van der Waals surface area contributed by atoms with Gasteiger partial charge < -0.3 is 21.3 Å². The average molecular weight is 462 g/mol. The zero-order valence-corrected chi connectivity index (χ0v) is 19.4. The van der Waals surface area contributed by atoms with Crippen LogP contribution in [0, 0.1) is 5.92 Å². The summed E-state index contributed by atoms with van der Waals surface area (Å²) in [6, 6.07) is 9.51. The third-order valence-electron chi connectivity index (χ3n) is 7.31. The van der Waals surface area contributed by atoms with Crippen LogP contribution in [0.5, 0.6) is 0 Å². The highest BCUT2D eigenvalue weighted by Gasteiger charge is 2.41. The number of nitrogens with two attached hydrogens (primary N) is 1. The summed E-state index contributed by atoms with van der Waals surface area (Å²) >= 11 is 0. The molecule has 2 saturated heterocycles. The first-order valence-corrected chi connectivity index (χ1v) is 12.1. The molecule has 3 atom stereocenters. The lowest BCUT2D eigenvalue weighted by Crippen LogP contribution is -2.50. The molecule has 0 radical (unpaired) electrons. The number of rotatable bonds is 8. The zero-order chi connectivity index (χ0) is 23.8. The molecular formula is C26H31N5O3. The van der Waals surface area contributed by atoms with E-state index in [9.17, 15) is 14.4 Å². The minimum Gasteiger partial charge on any atom is -0.384 e. The van der Waals surface area contributed by atoms with E-state index in [2.05, 4.69) is 20.5 Å². The second-order valence-electron chi connectivity index (χ2n) is 9.84. The summed E-state index contributed by atoms with van der Waals surface area (Å²) in [5, 5.41) is 6.51. The summed E-state index contributed by atoms with van der Waals surface area (Å²) in [5.74, 6) is 0.910. The fourth-order valence-corrected chi connectivity index (χ4v) is 5.31. The van der Waals surface area contributed by atoms with Crippen molar-refractivity contribution in [1.82, 2.24) is 10.3 Å². The molecule has 5 rings (SSSR count). The van der Waals surface area contributed by atoms with Gasteiger partial charge in [0.25, 0.3) is 11.8 Å². The van der Waals surface area contributed by atoms with Crippen molar-refractivity contribution in [1.29, 1.82) is 0 Å². The first-order valence-electron chi connectivity index (χ1n) is 12.1. The van der Waals surface area contributed by atoms with Crippen molar-refractivity contribution in [3.05, 3.63) is 53.2 Å². The minimum absolute atomic E-state index is 0.0122. The number of carbonyl (C=O) groups excluding carboxylic acids is 3. The number of fused-ring (bicyclic) bond motifs is 2. The lowest BCUT2D eigenvalue weighted by molar-refractivity contribution is 0.0924. The van der Waals surface area contributed by atoms with Gasteiger partial charge in [-0.05, 0) is 81.7 Å². The minimum atomic E-state index is -0.501. The maximum atomic E-state index is 13.1. The molecule has 1 aromatic heterocycles. The molecule has 3 heterocycles. The Balaban J connectivity index is 1.25. The van der Waals surface area contributed by atoms with Gasteiger partial charge in [0, 0.05) is 47.7 Å². The second kappa shape index (κ2) is 9.08. The Labute approximate surface area is 199 Å². The van der Waals surface area contributed by atoms with Gasteiger partial charge in [-0.25, -0.2) is 4.98 Å². The number of amides is 2. The summed E-state index contributed by atoms with van der Waals surface area (Å²) < 4.78 is 0. The van der Waals surface area contributed by atoms with Crippen LogP contribution in [0.2, 0.25) is 0 Å². The third kappa shape index (κ3) is 4.62. The molecule has 3 fully saturated rings. The number of Topliss-reactive ketones (excluding diaryl/α,β-unsaturated/α-hetero) is 1. The highest BCUT2D eigenvalue weighted by atomic mass is 16.2. The Hall–Kier alpha value is -3.42. The second-order valence-corrected chi connectivity index (χ2v) is 9.84. The van der Waals surface area contributed by atoms with Crippen LogP contribution in [0.25, 0.3) is 0 Å². The van der Waals surface area contributed by atoms with Gasteiger partial charge in [-0.2, -0.15) is 0 Å². The van der Waals surface area contributed by atoms with Crippen molar-refractivity contribution in [2.45, 2.75) is 63.6 Å². The molecule has 0 spiro atoms. The Bertz CT molecular complexity index is 1100. The quantitative estimate of drug-likeness (QED) is 0.520. The number of carbonyl (C=O) groups is 3. The van der Waals surface area contributed by atoms with E-state index in [1.807, 2.05) is 12.1 Å². The van der Waals surface area contributed by atoms with Crippen molar-refractivity contribution < 1.29 is 14.4 Å². The normalized spacial score (nSPS) is 23.4. The van der Waals surface area contributed by atoms with Crippen molar-refractivity contribution in [2.75, 3.05) is 16.8 Å². The number of hydrogen-bond donors (Lipinski definition) is 3. The number of nitrogens with one attached hydrogen (secondary N) is 2. The van der Waals surface area contributed by atoms with E-state index >= 15 is 0 Å². The molecule has 0 unspecified atom stereocenters. The molecule has 2 bridgehead atoms. The molecule has 2 amide bonds. The summed E-state index contributed by atoms with van der Waals surface area (Å²) in [5.41, 5.74) is 7.71. The summed E-state index contributed by atoms with van der Waals surface area (Å²) in [7, 11) is 0. The highest BCUT2D eigenvalue weighted by Crippen LogP contribution is 2.38. The van der Waals surface area contributed by atoms with Crippen LogP contribution in [0.15, 0.2) is 36.5 Å². The average Bonchev–Trinajstić information content (AvgIpc) is 3.61. The number of benzene rings is 1. The maximum absolute atomic E-state index is 13.1. The predicted molar refractivity (Wildman–Crippen MR) is 130 cm³/mol. The van der Waals surface area contributed by atoms with Gasteiger partial charge in [-0.15, -0.1) is 0 Å². The molecule has 4 N–H and O–H groups in total. The van der Waals surface area contributed by atoms with Crippen molar-refractivity contribution in [2.24, 2.45) is 11.7 Å². The zero-order valence-electron chi connectivity index (χ0n) is 19.4. The van der Waals surface area contributed by atoms with Gasteiger partial charge in [0.1, 0.15) is 5.82 Å². The van der Waals surface area contributed by atoms with Crippen LogP contribution in [-0.4, -0.2) is 47.3 Å². The largest absolute Gasteiger partial charge is 0.384 e. The number of piperidine rings is 1. The molecular weight excluding hydrogens is 430 g/mol. The first-order chi connectivity index (χ1) is 16.4. The topological polar surface area (TPSA) is 117 Å². The number of pyridine rings is 1. The summed E-state index contributed by atoms with van der Waals surface area (Å²) in [4.78, 5) is 43.3. The molecule has 1 aliphatic carbocycles. The lowest BCUT2D eigenvalue weighted by atomic mass is 9.96. The number of ketones is 1. The maximum Gasteiger partial charge on any atom is 0.251 e.